The molecular formula is C20H23N5O2. The molecule has 0 radical (unpaired) electrons. The summed E-state index contributed by atoms with van der Waals surface area (Å²) in [5.74, 6) is 0.416. The Labute approximate surface area is 157 Å². The molecule has 1 fully saturated rings. The first kappa shape index (κ1) is 17.5. The number of aromatic nitrogens is 4. The number of aryl methyl sites for hydroxylation is 1. The van der Waals surface area contributed by atoms with Crippen LogP contribution in [0.25, 0.3) is 11.2 Å². The normalized spacial score (nSPS) is 15.4. The molecule has 0 N–H and O–H groups in total. The van der Waals surface area contributed by atoms with Crippen LogP contribution in [-0.4, -0.2) is 43.0 Å². The maximum atomic E-state index is 12.8. The van der Waals surface area contributed by atoms with Crippen LogP contribution >= 0.6 is 0 Å². The molecule has 1 aliphatic rings. The predicted octanol–water partition coefficient (Wildman–Crippen LogP) is 2.17. The van der Waals surface area contributed by atoms with Crippen LogP contribution in [0.2, 0.25) is 0 Å². The van der Waals surface area contributed by atoms with E-state index in [1.54, 1.807) is 39.9 Å². The molecule has 0 bridgehead atoms. The standard InChI is InChI=1S/C20H23N5O2/c1-2-24-17-4-3-9-22-18(17)25(20(24)27)14-15-7-12-23(13-8-15)19(26)16-5-10-21-11-6-16/h3-6,9-11,15H,2,7-8,12-14H2,1H3. The summed E-state index contributed by atoms with van der Waals surface area (Å²) in [6, 6.07) is 7.31. The predicted molar refractivity (Wildman–Crippen MR) is 103 cm³/mol. The topological polar surface area (TPSA) is 73.0 Å². The fourth-order valence-corrected chi connectivity index (χ4v) is 3.87. The van der Waals surface area contributed by atoms with Crippen molar-refractivity contribution in [3.8, 4) is 0 Å². The number of fused-ring (bicyclic) bond motifs is 1. The summed E-state index contributed by atoms with van der Waals surface area (Å²) in [7, 11) is 0. The Morgan fingerprint density at radius 1 is 1.11 bits per heavy atom. The van der Waals surface area contributed by atoms with E-state index in [4.69, 9.17) is 0 Å². The second kappa shape index (κ2) is 7.34. The highest BCUT2D eigenvalue weighted by Crippen LogP contribution is 2.22. The van der Waals surface area contributed by atoms with Crippen molar-refractivity contribution in [3.63, 3.8) is 0 Å². The number of carbonyl (C=O) groups excluding carboxylic acids is 1. The molecule has 140 valence electrons. The van der Waals surface area contributed by atoms with Crippen LogP contribution in [0.15, 0.2) is 47.7 Å². The van der Waals surface area contributed by atoms with Crippen molar-refractivity contribution < 1.29 is 4.79 Å². The number of piperidine rings is 1. The lowest BCUT2D eigenvalue weighted by molar-refractivity contribution is 0.0682. The molecule has 7 nitrogen and oxygen atoms in total. The smallest absolute Gasteiger partial charge is 0.330 e. The molecule has 0 atom stereocenters. The zero-order chi connectivity index (χ0) is 18.8. The molecule has 3 aromatic rings. The Morgan fingerprint density at radius 3 is 2.56 bits per heavy atom. The number of nitrogens with zero attached hydrogens (tertiary/aromatic N) is 5. The minimum Gasteiger partial charge on any atom is -0.339 e. The van der Waals surface area contributed by atoms with Gasteiger partial charge in [-0.2, -0.15) is 0 Å². The van der Waals surface area contributed by atoms with Crippen molar-refractivity contribution >= 4 is 17.1 Å². The summed E-state index contributed by atoms with van der Waals surface area (Å²) in [6.45, 7) is 4.67. The van der Waals surface area contributed by atoms with Gasteiger partial charge in [-0.05, 0) is 49.9 Å². The summed E-state index contributed by atoms with van der Waals surface area (Å²) in [6.07, 6.45) is 6.78. The highest BCUT2D eigenvalue weighted by atomic mass is 16.2. The molecule has 1 aliphatic heterocycles. The number of imidazole rings is 1. The molecule has 3 aromatic heterocycles. The van der Waals surface area contributed by atoms with Gasteiger partial charge < -0.3 is 4.90 Å². The van der Waals surface area contributed by atoms with Gasteiger partial charge >= 0.3 is 5.69 Å². The Hall–Kier alpha value is -2.96. The van der Waals surface area contributed by atoms with Gasteiger partial charge in [0.2, 0.25) is 0 Å². The van der Waals surface area contributed by atoms with Crippen molar-refractivity contribution in [3.05, 3.63) is 58.9 Å². The van der Waals surface area contributed by atoms with E-state index in [0.717, 1.165) is 24.0 Å². The van der Waals surface area contributed by atoms with E-state index in [0.29, 0.717) is 37.7 Å². The van der Waals surface area contributed by atoms with Crippen LogP contribution < -0.4 is 5.69 Å². The fourth-order valence-electron chi connectivity index (χ4n) is 3.87. The van der Waals surface area contributed by atoms with Gasteiger partial charge in [-0.25, -0.2) is 9.78 Å². The quantitative estimate of drug-likeness (QED) is 0.710. The fraction of sp³-hybridized carbons (Fsp3) is 0.400. The number of likely N-dealkylation sites (tertiary alicyclic amines) is 1. The average Bonchev–Trinajstić information content (AvgIpc) is 2.99. The number of hydrogen-bond donors (Lipinski definition) is 0. The van der Waals surface area contributed by atoms with Gasteiger partial charge in [0.25, 0.3) is 5.91 Å². The van der Waals surface area contributed by atoms with Crippen LogP contribution in [-0.2, 0) is 13.1 Å². The van der Waals surface area contributed by atoms with Gasteiger partial charge in [0.15, 0.2) is 5.65 Å². The van der Waals surface area contributed by atoms with Crippen LogP contribution in [0.4, 0.5) is 0 Å². The van der Waals surface area contributed by atoms with E-state index in [1.165, 1.54) is 0 Å². The largest absolute Gasteiger partial charge is 0.339 e. The van der Waals surface area contributed by atoms with Gasteiger partial charge in [-0.3, -0.25) is 18.9 Å². The molecule has 0 saturated carbocycles. The van der Waals surface area contributed by atoms with E-state index >= 15 is 0 Å². The molecule has 0 aromatic carbocycles. The Balaban J connectivity index is 1.47. The van der Waals surface area contributed by atoms with E-state index in [-0.39, 0.29) is 11.6 Å². The van der Waals surface area contributed by atoms with Crippen LogP contribution in [0.3, 0.4) is 0 Å². The SMILES string of the molecule is CCn1c(=O)n(CC2CCN(C(=O)c3ccncc3)CC2)c2ncccc21. The van der Waals surface area contributed by atoms with E-state index in [9.17, 15) is 9.59 Å². The molecule has 4 heterocycles. The van der Waals surface area contributed by atoms with Gasteiger partial charge in [0.1, 0.15) is 0 Å². The molecule has 1 amide bonds. The number of pyridine rings is 2. The first-order valence-electron chi connectivity index (χ1n) is 9.42. The van der Waals surface area contributed by atoms with E-state index in [1.807, 2.05) is 24.0 Å². The third kappa shape index (κ3) is 3.25. The zero-order valence-electron chi connectivity index (χ0n) is 15.4. The molecule has 27 heavy (non-hydrogen) atoms. The highest BCUT2D eigenvalue weighted by molar-refractivity contribution is 5.94. The monoisotopic (exact) mass is 365 g/mol. The van der Waals surface area contributed by atoms with Gasteiger partial charge in [-0.15, -0.1) is 0 Å². The molecular weight excluding hydrogens is 342 g/mol. The zero-order valence-corrected chi connectivity index (χ0v) is 15.4. The minimum absolute atomic E-state index is 0.00138. The Kier molecular flexibility index (Phi) is 4.75. The van der Waals surface area contributed by atoms with Crippen LogP contribution in [0.1, 0.15) is 30.1 Å². The lowest BCUT2D eigenvalue weighted by Gasteiger charge is -2.32. The number of amides is 1. The van der Waals surface area contributed by atoms with Crippen molar-refractivity contribution in [1.29, 1.82) is 0 Å². The van der Waals surface area contributed by atoms with Crippen LogP contribution in [0.5, 0.6) is 0 Å². The molecule has 7 heteroatoms. The lowest BCUT2D eigenvalue weighted by Crippen LogP contribution is -2.40. The van der Waals surface area contributed by atoms with Crippen molar-refractivity contribution in [2.24, 2.45) is 5.92 Å². The number of hydrogen-bond acceptors (Lipinski definition) is 4. The molecule has 0 unspecified atom stereocenters. The van der Waals surface area contributed by atoms with Gasteiger partial charge in [0, 0.05) is 50.3 Å². The number of rotatable bonds is 4. The molecule has 4 rings (SSSR count). The third-order valence-corrected chi connectivity index (χ3v) is 5.36. The third-order valence-electron chi connectivity index (χ3n) is 5.36. The van der Waals surface area contributed by atoms with Crippen molar-refractivity contribution in [2.45, 2.75) is 32.9 Å². The molecule has 0 aliphatic carbocycles. The van der Waals surface area contributed by atoms with E-state index < -0.39 is 0 Å². The highest BCUT2D eigenvalue weighted by Gasteiger charge is 2.25. The second-order valence-corrected chi connectivity index (χ2v) is 6.96. The molecule has 0 spiro atoms. The maximum absolute atomic E-state index is 12.8. The van der Waals surface area contributed by atoms with E-state index in [2.05, 4.69) is 9.97 Å². The summed E-state index contributed by atoms with van der Waals surface area (Å²) >= 11 is 0. The van der Waals surface area contributed by atoms with Crippen LogP contribution in [0, 0.1) is 5.92 Å². The lowest BCUT2D eigenvalue weighted by atomic mass is 9.96. The van der Waals surface area contributed by atoms with Gasteiger partial charge in [-0.1, -0.05) is 0 Å². The van der Waals surface area contributed by atoms with Crippen molar-refractivity contribution in [1.82, 2.24) is 24.0 Å². The molecule has 1 saturated heterocycles. The summed E-state index contributed by atoms with van der Waals surface area (Å²) < 4.78 is 3.56. The summed E-state index contributed by atoms with van der Waals surface area (Å²) in [4.78, 5) is 35.6. The first-order chi connectivity index (χ1) is 13.2. The summed E-state index contributed by atoms with van der Waals surface area (Å²) in [5.41, 5.74) is 2.31. The summed E-state index contributed by atoms with van der Waals surface area (Å²) in [5, 5.41) is 0. The Bertz CT molecular complexity index is 1000. The second-order valence-electron chi connectivity index (χ2n) is 6.96. The number of carbonyl (C=O) groups is 1. The first-order valence-corrected chi connectivity index (χ1v) is 9.42. The van der Waals surface area contributed by atoms with Crippen molar-refractivity contribution in [2.75, 3.05) is 13.1 Å². The maximum Gasteiger partial charge on any atom is 0.330 e. The minimum atomic E-state index is 0.00138. The van der Waals surface area contributed by atoms with Gasteiger partial charge in [0.05, 0.1) is 5.52 Å². The average molecular weight is 365 g/mol. The Morgan fingerprint density at radius 2 is 1.85 bits per heavy atom.